The van der Waals surface area contributed by atoms with Gasteiger partial charge in [-0.3, -0.25) is 4.79 Å². The van der Waals surface area contributed by atoms with Crippen LogP contribution in [-0.4, -0.2) is 32.2 Å². The molecule has 6 heteroatoms. The second-order valence-electron chi connectivity index (χ2n) is 4.00. The number of aromatic nitrogens is 1. The molecule has 1 heterocycles. The van der Waals surface area contributed by atoms with Crippen LogP contribution in [-0.2, 0) is 4.79 Å². The number of rotatable bonds is 5. The molecule has 2 atom stereocenters. The predicted molar refractivity (Wildman–Crippen MR) is 72.7 cm³/mol. The maximum absolute atomic E-state index is 10.8. The van der Waals surface area contributed by atoms with Crippen molar-refractivity contribution in [1.82, 2.24) is 4.98 Å². The minimum atomic E-state index is -1.01. The van der Waals surface area contributed by atoms with Gasteiger partial charge in [0.2, 0.25) is 0 Å². The van der Waals surface area contributed by atoms with Crippen molar-refractivity contribution in [3.63, 3.8) is 0 Å². The normalized spacial score (nSPS) is 14.3. The van der Waals surface area contributed by atoms with Crippen molar-refractivity contribution < 1.29 is 15.0 Å². The van der Waals surface area contributed by atoms with Crippen molar-refractivity contribution in [3.8, 4) is 0 Å². The maximum atomic E-state index is 10.8. The molecule has 2 unspecified atom stereocenters. The smallest absolute Gasteiger partial charge is 0.185 e. The number of thioether (sulfide) groups is 1. The van der Waals surface area contributed by atoms with Crippen LogP contribution in [0.4, 0.5) is 0 Å². The molecule has 2 N–H and O–H groups in total. The number of aliphatic hydroxyl groups excluding tert-OH is 2. The molecule has 0 fully saturated rings. The molecule has 0 aliphatic heterocycles. The zero-order valence-corrected chi connectivity index (χ0v) is 11.8. The van der Waals surface area contributed by atoms with Crippen molar-refractivity contribution in [2.45, 2.75) is 32.5 Å². The van der Waals surface area contributed by atoms with Crippen LogP contribution >= 0.6 is 23.4 Å². The monoisotopic (exact) mass is 289 g/mol. The fourth-order valence-corrected chi connectivity index (χ4v) is 2.39. The minimum absolute atomic E-state index is 0.000954. The summed E-state index contributed by atoms with van der Waals surface area (Å²) in [4.78, 5) is 14.6. The number of hydrogen-bond acceptors (Lipinski definition) is 5. The highest BCUT2D eigenvalue weighted by atomic mass is 35.5. The van der Waals surface area contributed by atoms with Gasteiger partial charge in [0.05, 0.1) is 6.10 Å². The van der Waals surface area contributed by atoms with Gasteiger partial charge in [-0.05, 0) is 25.0 Å². The summed E-state index contributed by atoms with van der Waals surface area (Å²) in [6.45, 7) is 3.27. The molecule has 1 aromatic heterocycles. The van der Waals surface area contributed by atoms with Crippen LogP contribution in [0.2, 0.25) is 5.15 Å². The molecule has 1 rings (SSSR count). The fourth-order valence-electron chi connectivity index (χ4n) is 1.53. The quantitative estimate of drug-likeness (QED) is 0.813. The Morgan fingerprint density at radius 2 is 2.22 bits per heavy atom. The lowest BCUT2D eigenvalue weighted by Crippen LogP contribution is -2.20. The average molecular weight is 290 g/mol. The minimum Gasteiger partial charge on any atom is -0.390 e. The third-order valence-electron chi connectivity index (χ3n) is 2.52. The van der Waals surface area contributed by atoms with Gasteiger partial charge in [0, 0.05) is 24.4 Å². The van der Waals surface area contributed by atoms with E-state index in [9.17, 15) is 15.0 Å². The van der Waals surface area contributed by atoms with E-state index in [0.717, 1.165) is 17.3 Å². The number of aliphatic hydroxyl groups is 2. The van der Waals surface area contributed by atoms with E-state index in [-0.39, 0.29) is 5.12 Å². The first-order valence-electron chi connectivity index (χ1n) is 5.53. The van der Waals surface area contributed by atoms with Gasteiger partial charge < -0.3 is 10.2 Å². The van der Waals surface area contributed by atoms with Crippen molar-refractivity contribution >= 4 is 28.5 Å². The van der Waals surface area contributed by atoms with E-state index >= 15 is 0 Å². The number of aryl methyl sites for hydroxylation is 1. The van der Waals surface area contributed by atoms with Gasteiger partial charge in [-0.2, -0.15) is 0 Å². The molecule has 18 heavy (non-hydrogen) atoms. The molecule has 0 aliphatic carbocycles. The Kier molecular flexibility index (Phi) is 6.08. The molecular weight excluding hydrogens is 274 g/mol. The Bertz CT molecular complexity index is 428. The molecule has 0 saturated carbocycles. The molecule has 0 amide bonds. The molecule has 0 bridgehead atoms. The van der Waals surface area contributed by atoms with E-state index in [4.69, 9.17) is 11.6 Å². The second-order valence-corrected chi connectivity index (χ2v) is 5.66. The molecular formula is C12H16ClNO3S. The van der Waals surface area contributed by atoms with Gasteiger partial charge >= 0.3 is 0 Å². The SMILES string of the molecule is CC(=O)SCCC(O)C(O)c1cnc(Cl)cc1C. The lowest BCUT2D eigenvalue weighted by Gasteiger charge is -2.19. The van der Waals surface area contributed by atoms with Crippen molar-refractivity contribution in [1.29, 1.82) is 0 Å². The summed E-state index contributed by atoms with van der Waals surface area (Å²) in [5, 5.41) is 20.2. The summed E-state index contributed by atoms with van der Waals surface area (Å²) in [6.07, 6.45) is -0.127. The van der Waals surface area contributed by atoms with E-state index in [0.29, 0.717) is 22.9 Å². The Hall–Kier alpha value is -0.620. The molecule has 0 radical (unpaired) electrons. The van der Waals surface area contributed by atoms with Crippen LogP contribution in [0.15, 0.2) is 12.3 Å². The van der Waals surface area contributed by atoms with E-state index in [2.05, 4.69) is 4.98 Å². The van der Waals surface area contributed by atoms with E-state index in [1.54, 1.807) is 13.0 Å². The Morgan fingerprint density at radius 3 is 2.78 bits per heavy atom. The number of pyridine rings is 1. The number of halogens is 1. The third kappa shape index (κ3) is 4.57. The van der Waals surface area contributed by atoms with Crippen LogP contribution in [0.5, 0.6) is 0 Å². The molecule has 0 aromatic carbocycles. The van der Waals surface area contributed by atoms with Crippen LogP contribution < -0.4 is 0 Å². The number of carbonyl (C=O) groups excluding carboxylic acids is 1. The average Bonchev–Trinajstić information content (AvgIpc) is 2.27. The Labute approximate surface area is 115 Å². The van der Waals surface area contributed by atoms with Gasteiger partial charge in [-0.15, -0.1) is 0 Å². The summed E-state index contributed by atoms with van der Waals surface area (Å²) in [5.74, 6) is 0.480. The van der Waals surface area contributed by atoms with Gasteiger partial charge in [0.1, 0.15) is 11.3 Å². The fraction of sp³-hybridized carbons (Fsp3) is 0.500. The molecule has 4 nitrogen and oxygen atoms in total. The second kappa shape index (κ2) is 7.09. The van der Waals surface area contributed by atoms with Gasteiger partial charge in [-0.1, -0.05) is 23.4 Å². The maximum Gasteiger partial charge on any atom is 0.185 e. The van der Waals surface area contributed by atoms with Gasteiger partial charge in [0.25, 0.3) is 0 Å². The third-order valence-corrected chi connectivity index (χ3v) is 3.57. The van der Waals surface area contributed by atoms with Gasteiger partial charge in [-0.25, -0.2) is 4.98 Å². The summed E-state index contributed by atoms with van der Waals surface area (Å²) < 4.78 is 0. The first kappa shape index (κ1) is 15.4. The summed E-state index contributed by atoms with van der Waals surface area (Å²) in [5.41, 5.74) is 1.33. The van der Waals surface area contributed by atoms with Crippen LogP contribution in [0, 0.1) is 6.92 Å². The highest BCUT2D eigenvalue weighted by Gasteiger charge is 2.20. The van der Waals surface area contributed by atoms with E-state index in [1.807, 2.05) is 0 Å². The zero-order chi connectivity index (χ0) is 13.7. The summed E-state index contributed by atoms with van der Waals surface area (Å²) in [6, 6.07) is 1.64. The first-order chi connectivity index (χ1) is 8.41. The van der Waals surface area contributed by atoms with Crippen LogP contribution in [0.3, 0.4) is 0 Å². The van der Waals surface area contributed by atoms with Crippen molar-refractivity contribution in [2.24, 2.45) is 0 Å². The first-order valence-corrected chi connectivity index (χ1v) is 6.89. The molecule has 100 valence electrons. The van der Waals surface area contributed by atoms with Crippen LogP contribution in [0.1, 0.15) is 30.6 Å². The summed E-state index contributed by atoms with van der Waals surface area (Å²) >= 11 is 6.86. The Balaban J connectivity index is 2.62. The van der Waals surface area contributed by atoms with Crippen LogP contribution in [0.25, 0.3) is 0 Å². The number of hydrogen-bond donors (Lipinski definition) is 2. The lowest BCUT2D eigenvalue weighted by atomic mass is 10.0. The molecule has 0 aliphatic rings. The zero-order valence-electron chi connectivity index (χ0n) is 10.3. The topological polar surface area (TPSA) is 70.4 Å². The highest BCUT2D eigenvalue weighted by molar-refractivity contribution is 8.13. The Morgan fingerprint density at radius 1 is 1.56 bits per heavy atom. The summed E-state index contributed by atoms with van der Waals surface area (Å²) in [7, 11) is 0. The van der Waals surface area contributed by atoms with Gasteiger partial charge in [0.15, 0.2) is 5.12 Å². The molecule has 1 aromatic rings. The predicted octanol–water partition coefficient (Wildman–Crippen LogP) is 2.11. The highest BCUT2D eigenvalue weighted by Crippen LogP contribution is 2.24. The van der Waals surface area contributed by atoms with E-state index in [1.165, 1.54) is 13.1 Å². The van der Waals surface area contributed by atoms with E-state index < -0.39 is 12.2 Å². The molecule has 0 saturated heterocycles. The number of carbonyl (C=O) groups is 1. The standard InChI is InChI=1S/C12H16ClNO3S/c1-7-5-11(13)14-6-9(7)12(17)10(16)3-4-18-8(2)15/h5-6,10,12,16-17H,3-4H2,1-2H3. The lowest BCUT2D eigenvalue weighted by molar-refractivity contribution is -0.109. The van der Waals surface area contributed by atoms with Crippen molar-refractivity contribution in [2.75, 3.05) is 5.75 Å². The molecule has 0 spiro atoms. The number of nitrogens with zero attached hydrogens (tertiary/aromatic N) is 1. The van der Waals surface area contributed by atoms with Crippen molar-refractivity contribution in [3.05, 3.63) is 28.5 Å². The largest absolute Gasteiger partial charge is 0.390 e.